The van der Waals surface area contributed by atoms with Gasteiger partial charge in [0, 0.05) is 10.5 Å². The number of halogens is 2. The third kappa shape index (κ3) is 5.07. The highest BCUT2D eigenvalue weighted by Gasteiger charge is 2.15. The van der Waals surface area contributed by atoms with Crippen LogP contribution in [0.15, 0.2) is 22.7 Å². The van der Waals surface area contributed by atoms with Gasteiger partial charge >= 0.3 is 0 Å². The summed E-state index contributed by atoms with van der Waals surface area (Å²) in [4.78, 5) is 0. The molecule has 1 nitrogen and oxygen atoms in total. The molecule has 0 aliphatic carbocycles. The topological polar surface area (TPSA) is 12.0 Å². The third-order valence-corrected chi connectivity index (χ3v) is 3.62. The monoisotopic (exact) mass is 315 g/mol. The fourth-order valence-corrected chi connectivity index (χ4v) is 2.86. The molecule has 1 aromatic carbocycles. The maximum absolute atomic E-state index is 13.5. The zero-order chi connectivity index (χ0) is 13.5. The van der Waals surface area contributed by atoms with Gasteiger partial charge in [-0.2, -0.15) is 0 Å². The first-order valence-corrected chi connectivity index (χ1v) is 7.55. The minimum Gasteiger partial charge on any atom is -0.310 e. The van der Waals surface area contributed by atoms with Crippen LogP contribution in [0.25, 0.3) is 0 Å². The normalized spacial score (nSPS) is 14.5. The Hall–Kier alpha value is -0.410. The molecule has 0 fully saturated rings. The summed E-state index contributed by atoms with van der Waals surface area (Å²) in [5, 5.41) is 3.46. The van der Waals surface area contributed by atoms with Gasteiger partial charge in [0.2, 0.25) is 0 Å². The Morgan fingerprint density at radius 2 is 2.00 bits per heavy atom. The van der Waals surface area contributed by atoms with E-state index in [2.05, 4.69) is 42.0 Å². The SMILES string of the molecule is CCCC(C)CC(NCC)c1cc(F)cc(Br)c1. The Labute approximate surface area is 118 Å². The summed E-state index contributed by atoms with van der Waals surface area (Å²) < 4.78 is 14.3. The lowest BCUT2D eigenvalue weighted by atomic mass is 9.93. The van der Waals surface area contributed by atoms with Crippen molar-refractivity contribution in [1.82, 2.24) is 5.32 Å². The van der Waals surface area contributed by atoms with Gasteiger partial charge in [-0.25, -0.2) is 4.39 Å². The van der Waals surface area contributed by atoms with Crippen molar-refractivity contribution in [2.75, 3.05) is 6.54 Å². The molecule has 0 bridgehead atoms. The first kappa shape index (κ1) is 15.6. The first-order chi connectivity index (χ1) is 8.56. The van der Waals surface area contributed by atoms with Gasteiger partial charge in [0.1, 0.15) is 5.82 Å². The smallest absolute Gasteiger partial charge is 0.124 e. The molecule has 0 amide bonds. The summed E-state index contributed by atoms with van der Waals surface area (Å²) in [5.41, 5.74) is 1.03. The number of hydrogen-bond donors (Lipinski definition) is 1. The number of nitrogens with one attached hydrogen (secondary N) is 1. The van der Waals surface area contributed by atoms with Gasteiger partial charge in [-0.3, -0.25) is 0 Å². The van der Waals surface area contributed by atoms with E-state index in [4.69, 9.17) is 0 Å². The van der Waals surface area contributed by atoms with Crippen molar-refractivity contribution in [3.63, 3.8) is 0 Å². The van der Waals surface area contributed by atoms with E-state index < -0.39 is 0 Å². The second-order valence-corrected chi connectivity index (χ2v) is 5.86. The molecule has 1 N–H and O–H groups in total. The summed E-state index contributed by atoms with van der Waals surface area (Å²) in [6.07, 6.45) is 3.48. The predicted octanol–water partition coefficient (Wildman–Crippen LogP) is 5.07. The number of hydrogen-bond acceptors (Lipinski definition) is 1. The predicted molar refractivity (Wildman–Crippen MR) is 79.2 cm³/mol. The average molecular weight is 316 g/mol. The fraction of sp³-hybridized carbons (Fsp3) is 0.600. The first-order valence-electron chi connectivity index (χ1n) is 6.76. The zero-order valence-electron chi connectivity index (χ0n) is 11.5. The summed E-state index contributed by atoms with van der Waals surface area (Å²) in [7, 11) is 0. The Morgan fingerprint density at radius 1 is 1.28 bits per heavy atom. The molecule has 0 radical (unpaired) electrons. The molecule has 1 aromatic rings. The van der Waals surface area contributed by atoms with Gasteiger partial charge in [-0.05, 0) is 42.6 Å². The second-order valence-electron chi connectivity index (χ2n) is 4.94. The third-order valence-electron chi connectivity index (χ3n) is 3.16. The second kappa shape index (κ2) is 7.90. The van der Waals surface area contributed by atoms with Crippen LogP contribution in [0.2, 0.25) is 0 Å². The molecule has 0 aromatic heterocycles. The molecule has 102 valence electrons. The highest BCUT2D eigenvalue weighted by molar-refractivity contribution is 9.10. The summed E-state index contributed by atoms with van der Waals surface area (Å²) in [5.74, 6) is 0.478. The quantitative estimate of drug-likeness (QED) is 0.741. The van der Waals surface area contributed by atoms with Crippen LogP contribution in [-0.2, 0) is 0 Å². The molecule has 0 aliphatic rings. The van der Waals surface area contributed by atoms with E-state index >= 15 is 0 Å². The minimum absolute atomic E-state index is 0.176. The number of benzene rings is 1. The van der Waals surface area contributed by atoms with Gasteiger partial charge in [-0.15, -0.1) is 0 Å². The van der Waals surface area contributed by atoms with Crippen LogP contribution in [-0.4, -0.2) is 6.54 Å². The lowest BCUT2D eigenvalue weighted by Crippen LogP contribution is -2.23. The van der Waals surface area contributed by atoms with E-state index in [0.717, 1.165) is 23.0 Å². The van der Waals surface area contributed by atoms with Gasteiger partial charge in [0.15, 0.2) is 0 Å². The Bertz CT molecular complexity index is 347. The van der Waals surface area contributed by atoms with E-state index in [0.29, 0.717) is 5.92 Å². The van der Waals surface area contributed by atoms with E-state index in [-0.39, 0.29) is 11.9 Å². The summed E-state index contributed by atoms with van der Waals surface area (Å²) in [6.45, 7) is 7.46. The Kier molecular flexibility index (Phi) is 6.87. The molecule has 2 atom stereocenters. The molecule has 0 heterocycles. The van der Waals surface area contributed by atoms with Crippen molar-refractivity contribution in [3.05, 3.63) is 34.1 Å². The van der Waals surface area contributed by atoms with Crippen LogP contribution in [0.5, 0.6) is 0 Å². The maximum Gasteiger partial charge on any atom is 0.124 e. The van der Waals surface area contributed by atoms with Crippen LogP contribution >= 0.6 is 15.9 Å². The van der Waals surface area contributed by atoms with Crippen LogP contribution in [0.1, 0.15) is 51.6 Å². The van der Waals surface area contributed by atoms with Crippen molar-refractivity contribution in [3.8, 4) is 0 Å². The van der Waals surface area contributed by atoms with Crippen molar-refractivity contribution in [2.45, 2.75) is 46.1 Å². The lowest BCUT2D eigenvalue weighted by Gasteiger charge is -2.22. The van der Waals surface area contributed by atoms with E-state index in [1.165, 1.54) is 18.9 Å². The molecular formula is C15H23BrFN. The molecule has 2 unspecified atom stereocenters. The van der Waals surface area contributed by atoms with Gasteiger partial charge in [0.05, 0.1) is 0 Å². The van der Waals surface area contributed by atoms with Gasteiger partial charge < -0.3 is 5.32 Å². The van der Waals surface area contributed by atoms with Crippen molar-refractivity contribution in [1.29, 1.82) is 0 Å². The Morgan fingerprint density at radius 3 is 2.56 bits per heavy atom. The van der Waals surface area contributed by atoms with Gasteiger partial charge in [0.25, 0.3) is 0 Å². The highest BCUT2D eigenvalue weighted by atomic mass is 79.9. The number of rotatable bonds is 7. The average Bonchev–Trinajstić information content (AvgIpc) is 2.27. The van der Waals surface area contributed by atoms with E-state index in [1.807, 2.05) is 6.07 Å². The van der Waals surface area contributed by atoms with Crippen molar-refractivity contribution < 1.29 is 4.39 Å². The molecule has 1 rings (SSSR count). The van der Waals surface area contributed by atoms with Crippen LogP contribution in [0, 0.1) is 11.7 Å². The fourth-order valence-electron chi connectivity index (χ4n) is 2.37. The molecule has 18 heavy (non-hydrogen) atoms. The molecule has 0 saturated carbocycles. The highest BCUT2D eigenvalue weighted by Crippen LogP contribution is 2.26. The van der Waals surface area contributed by atoms with Gasteiger partial charge in [-0.1, -0.05) is 49.5 Å². The summed E-state index contributed by atoms with van der Waals surface area (Å²) >= 11 is 3.36. The zero-order valence-corrected chi connectivity index (χ0v) is 13.1. The van der Waals surface area contributed by atoms with E-state index in [9.17, 15) is 4.39 Å². The molecule has 0 spiro atoms. The largest absolute Gasteiger partial charge is 0.310 e. The van der Waals surface area contributed by atoms with Crippen molar-refractivity contribution >= 4 is 15.9 Å². The van der Waals surface area contributed by atoms with Crippen molar-refractivity contribution in [2.24, 2.45) is 5.92 Å². The molecule has 0 saturated heterocycles. The van der Waals surface area contributed by atoms with Crippen LogP contribution < -0.4 is 5.32 Å². The van der Waals surface area contributed by atoms with Crippen LogP contribution in [0.4, 0.5) is 4.39 Å². The standard InChI is InChI=1S/C15H23BrFN/c1-4-6-11(3)7-15(18-5-2)12-8-13(16)10-14(17)9-12/h8-11,15,18H,4-7H2,1-3H3. The van der Waals surface area contributed by atoms with Crippen LogP contribution in [0.3, 0.4) is 0 Å². The summed E-state index contributed by atoms with van der Waals surface area (Å²) in [6, 6.07) is 5.39. The molecule has 0 aliphatic heterocycles. The minimum atomic E-state index is -0.176. The molecule has 3 heteroatoms. The van der Waals surface area contributed by atoms with E-state index in [1.54, 1.807) is 6.07 Å². The lowest BCUT2D eigenvalue weighted by molar-refractivity contribution is 0.394. The maximum atomic E-state index is 13.5. The molecular weight excluding hydrogens is 293 g/mol. The Balaban J connectivity index is 2.82.